The summed E-state index contributed by atoms with van der Waals surface area (Å²) in [6, 6.07) is 13.8. The SMILES string of the molecule is CC(C)(C)C(=O)N1CCOc2ncc(Nc3ccc(-c4ccc(N5CCCC5=O)cc4)cn3)cc21. The number of pyridine rings is 2. The second-order valence-electron chi connectivity index (χ2n) is 9.86. The van der Waals surface area contributed by atoms with Crippen molar-refractivity contribution in [2.75, 3.05) is 34.8 Å². The summed E-state index contributed by atoms with van der Waals surface area (Å²) in [5, 5.41) is 3.27. The topological polar surface area (TPSA) is 87.7 Å². The molecule has 3 aromatic rings. The van der Waals surface area contributed by atoms with Crippen molar-refractivity contribution >= 4 is 34.7 Å². The quantitative estimate of drug-likeness (QED) is 0.589. The van der Waals surface area contributed by atoms with Crippen LogP contribution in [0.1, 0.15) is 33.6 Å². The van der Waals surface area contributed by atoms with Gasteiger partial charge in [-0.3, -0.25) is 9.59 Å². The lowest BCUT2D eigenvalue weighted by molar-refractivity contribution is -0.126. The molecular formula is C27H29N5O3. The maximum Gasteiger partial charge on any atom is 0.238 e. The molecule has 0 atom stereocenters. The Morgan fingerprint density at radius 3 is 2.43 bits per heavy atom. The first-order valence-electron chi connectivity index (χ1n) is 11.9. The van der Waals surface area contributed by atoms with Crippen LogP contribution in [-0.2, 0) is 9.59 Å². The molecule has 1 fully saturated rings. The van der Waals surface area contributed by atoms with Crippen molar-refractivity contribution in [1.29, 1.82) is 0 Å². The number of nitrogens with zero attached hydrogens (tertiary/aromatic N) is 4. The minimum atomic E-state index is -0.502. The molecule has 180 valence electrons. The Labute approximate surface area is 204 Å². The highest BCUT2D eigenvalue weighted by molar-refractivity contribution is 5.99. The highest BCUT2D eigenvalue weighted by atomic mass is 16.5. The van der Waals surface area contributed by atoms with Gasteiger partial charge in [-0.2, -0.15) is 0 Å². The second-order valence-corrected chi connectivity index (χ2v) is 9.86. The molecule has 1 saturated heterocycles. The molecule has 2 aromatic heterocycles. The number of hydrogen-bond donors (Lipinski definition) is 1. The van der Waals surface area contributed by atoms with Crippen molar-refractivity contribution in [3.63, 3.8) is 0 Å². The number of benzene rings is 1. The largest absolute Gasteiger partial charge is 0.474 e. The zero-order chi connectivity index (χ0) is 24.6. The number of rotatable bonds is 4. The smallest absolute Gasteiger partial charge is 0.238 e. The lowest BCUT2D eigenvalue weighted by atomic mass is 9.94. The van der Waals surface area contributed by atoms with Gasteiger partial charge in [-0.1, -0.05) is 32.9 Å². The lowest BCUT2D eigenvalue weighted by Crippen LogP contribution is -2.44. The maximum atomic E-state index is 12.9. The summed E-state index contributed by atoms with van der Waals surface area (Å²) < 4.78 is 5.66. The molecule has 4 heterocycles. The van der Waals surface area contributed by atoms with Crippen LogP contribution in [0, 0.1) is 5.41 Å². The van der Waals surface area contributed by atoms with E-state index in [4.69, 9.17) is 4.74 Å². The third-order valence-corrected chi connectivity index (χ3v) is 6.19. The Bertz CT molecular complexity index is 1250. The molecule has 5 rings (SSSR count). The Morgan fingerprint density at radius 1 is 1.00 bits per heavy atom. The van der Waals surface area contributed by atoms with Gasteiger partial charge in [0.25, 0.3) is 0 Å². The van der Waals surface area contributed by atoms with Crippen LogP contribution in [0.3, 0.4) is 0 Å². The van der Waals surface area contributed by atoms with Crippen LogP contribution in [0.5, 0.6) is 5.88 Å². The minimum absolute atomic E-state index is 0.0311. The molecule has 2 amide bonds. The van der Waals surface area contributed by atoms with E-state index < -0.39 is 5.41 Å². The molecule has 8 nitrogen and oxygen atoms in total. The zero-order valence-corrected chi connectivity index (χ0v) is 20.2. The number of fused-ring (bicyclic) bond motifs is 1. The normalized spacial score (nSPS) is 15.6. The Morgan fingerprint density at radius 2 is 1.77 bits per heavy atom. The van der Waals surface area contributed by atoms with Crippen LogP contribution in [0.15, 0.2) is 54.9 Å². The van der Waals surface area contributed by atoms with E-state index in [0.29, 0.717) is 37.0 Å². The molecule has 1 aromatic carbocycles. The predicted molar refractivity (Wildman–Crippen MR) is 136 cm³/mol. The van der Waals surface area contributed by atoms with Crippen molar-refractivity contribution < 1.29 is 14.3 Å². The van der Waals surface area contributed by atoms with Gasteiger partial charge in [0, 0.05) is 35.8 Å². The van der Waals surface area contributed by atoms with Crippen molar-refractivity contribution in [2.45, 2.75) is 33.6 Å². The molecule has 0 bridgehead atoms. The van der Waals surface area contributed by atoms with E-state index in [1.807, 2.05) is 74.3 Å². The number of carbonyl (C=O) groups excluding carboxylic acids is 2. The number of nitrogens with one attached hydrogen (secondary N) is 1. The van der Waals surface area contributed by atoms with Gasteiger partial charge in [-0.15, -0.1) is 0 Å². The first-order chi connectivity index (χ1) is 16.8. The van der Waals surface area contributed by atoms with E-state index in [0.717, 1.165) is 35.5 Å². The summed E-state index contributed by atoms with van der Waals surface area (Å²) >= 11 is 0. The van der Waals surface area contributed by atoms with Gasteiger partial charge in [-0.25, -0.2) is 9.97 Å². The maximum absolute atomic E-state index is 12.9. The van der Waals surface area contributed by atoms with Crippen molar-refractivity contribution in [2.24, 2.45) is 5.41 Å². The first-order valence-corrected chi connectivity index (χ1v) is 11.9. The third kappa shape index (κ3) is 4.69. The molecule has 2 aliphatic heterocycles. The molecule has 35 heavy (non-hydrogen) atoms. The second kappa shape index (κ2) is 9.02. The number of hydrogen-bond acceptors (Lipinski definition) is 6. The molecule has 0 aliphatic carbocycles. The van der Waals surface area contributed by atoms with E-state index in [2.05, 4.69) is 15.3 Å². The predicted octanol–water partition coefficient (Wildman–Crippen LogP) is 4.79. The van der Waals surface area contributed by atoms with Crippen LogP contribution in [0.25, 0.3) is 11.1 Å². The summed E-state index contributed by atoms with van der Waals surface area (Å²) in [5.74, 6) is 1.34. The molecule has 2 aliphatic rings. The fraction of sp³-hybridized carbons (Fsp3) is 0.333. The summed E-state index contributed by atoms with van der Waals surface area (Å²) in [5.41, 5.74) is 3.83. The van der Waals surface area contributed by atoms with Gasteiger partial charge in [0.05, 0.1) is 18.4 Å². The summed E-state index contributed by atoms with van der Waals surface area (Å²) in [7, 11) is 0. The number of aromatic nitrogens is 2. The Hall–Kier alpha value is -3.94. The fourth-order valence-electron chi connectivity index (χ4n) is 4.32. The van der Waals surface area contributed by atoms with Crippen molar-refractivity contribution in [1.82, 2.24) is 9.97 Å². The Kier molecular flexibility index (Phi) is 5.88. The van der Waals surface area contributed by atoms with E-state index in [1.165, 1.54) is 0 Å². The van der Waals surface area contributed by atoms with Crippen LogP contribution >= 0.6 is 0 Å². The molecule has 0 saturated carbocycles. The van der Waals surface area contributed by atoms with E-state index >= 15 is 0 Å². The third-order valence-electron chi connectivity index (χ3n) is 6.19. The summed E-state index contributed by atoms with van der Waals surface area (Å²) in [4.78, 5) is 37.4. The highest BCUT2D eigenvalue weighted by Crippen LogP contribution is 2.35. The molecule has 0 unspecified atom stereocenters. The van der Waals surface area contributed by atoms with Gasteiger partial charge in [0.2, 0.25) is 17.7 Å². The van der Waals surface area contributed by atoms with Gasteiger partial charge in [0.15, 0.2) is 0 Å². The van der Waals surface area contributed by atoms with E-state index in [1.54, 1.807) is 11.1 Å². The Balaban J connectivity index is 1.31. The van der Waals surface area contributed by atoms with Crippen molar-refractivity contribution in [3.05, 3.63) is 54.9 Å². The monoisotopic (exact) mass is 471 g/mol. The average Bonchev–Trinajstić information content (AvgIpc) is 3.29. The summed E-state index contributed by atoms with van der Waals surface area (Å²) in [6.07, 6.45) is 5.02. The molecule has 0 spiro atoms. The molecule has 8 heteroatoms. The number of carbonyl (C=O) groups is 2. The lowest BCUT2D eigenvalue weighted by Gasteiger charge is -2.33. The van der Waals surface area contributed by atoms with Crippen molar-refractivity contribution in [3.8, 4) is 17.0 Å². The highest BCUT2D eigenvalue weighted by Gasteiger charge is 2.32. The zero-order valence-electron chi connectivity index (χ0n) is 20.2. The fourth-order valence-corrected chi connectivity index (χ4v) is 4.32. The van der Waals surface area contributed by atoms with E-state index in [-0.39, 0.29) is 11.8 Å². The summed E-state index contributed by atoms with van der Waals surface area (Å²) in [6.45, 7) is 7.42. The number of ether oxygens (including phenoxy) is 1. The number of amides is 2. The van der Waals surface area contributed by atoms with Gasteiger partial charge >= 0.3 is 0 Å². The molecule has 0 radical (unpaired) electrons. The van der Waals surface area contributed by atoms with Crippen LogP contribution in [-0.4, -0.2) is 41.5 Å². The minimum Gasteiger partial charge on any atom is -0.474 e. The molecule has 1 N–H and O–H groups in total. The van der Waals surface area contributed by atoms with Crippen LogP contribution in [0.2, 0.25) is 0 Å². The molecular weight excluding hydrogens is 442 g/mol. The van der Waals surface area contributed by atoms with Gasteiger partial charge in [-0.05, 0) is 42.3 Å². The van der Waals surface area contributed by atoms with Gasteiger partial charge in [0.1, 0.15) is 18.1 Å². The van der Waals surface area contributed by atoms with Crippen LogP contribution < -0.4 is 19.9 Å². The first kappa shape index (κ1) is 22.8. The van der Waals surface area contributed by atoms with Gasteiger partial charge < -0.3 is 19.9 Å². The number of anilines is 4. The van der Waals surface area contributed by atoms with E-state index in [9.17, 15) is 9.59 Å². The standard InChI is InChI=1S/C27H29N5O3/c1-27(2,3)26(34)32-13-14-35-25-22(32)15-20(17-29-25)30-23-11-8-19(16-28-23)18-6-9-21(10-7-18)31-12-4-5-24(31)33/h6-11,15-17H,4-5,12-14H2,1-3H3,(H,28,30). The average molecular weight is 472 g/mol. The van der Waals surface area contributed by atoms with Crippen LogP contribution in [0.4, 0.5) is 22.9 Å².